The Hall–Kier alpha value is -4.19. The van der Waals surface area contributed by atoms with Gasteiger partial charge in [0.15, 0.2) is 11.7 Å². The second kappa shape index (κ2) is 10.6. The van der Waals surface area contributed by atoms with Crippen LogP contribution in [0.2, 0.25) is 0 Å². The van der Waals surface area contributed by atoms with Crippen molar-refractivity contribution in [2.75, 3.05) is 23.8 Å². The van der Waals surface area contributed by atoms with Crippen LogP contribution >= 0.6 is 11.5 Å². The van der Waals surface area contributed by atoms with Crippen LogP contribution in [0.3, 0.4) is 0 Å². The van der Waals surface area contributed by atoms with Crippen LogP contribution in [0.1, 0.15) is 44.6 Å². The smallest absolute Gasteiger partial charge is 0.325 e. The van der Waals surface area contributed by atoms with Gasteiger partial charge in [-0.25, -0.2) is 0 Å². The monoisotopic (exact) mass is 485 g/mol. The third kappa shape index (κ3) is 5.23. The summed E-state index contributed by atoms with van der Waals surface area (Å²) in [7, 11) is 0. The number of ether oxygens (including phenoxy) is 1. The maximum Gasteiger partial charge on any atom is 0.325 e. The fraction of sp³-hybridized carbons (Fsp3) is 0.227. The van der Waals surface area contributed by atoms with Gasteiger partial charge < -0.3 is 25.9 Å². The van der Waals surface area contributed by atoms with E-state index in [9.17, 15) is 19.2 Å². The number of rotatable bonds is 9. The van der Waals surface area contributed by atoms with Crippen molar-refractivity contribution in [2.24, 2.45) is 5.73 Å². The Morgan fingerprint density at radius 3 is 2.44 bits per heavy atom. The van der Waals surface area contributed by atoms with Gasteiger partial charge in [0.2, 0.25) is 0 Å². The van der Waals surface area contributed by atoms with E-state index in [-0.39, 0.29) is 28.6 Å². The van der Waals surface area contributed by atoms with Gasteiger partial charge in [-0.2, -0.15) is 4.37 Å². The molecule has 0 radical (unpaired) electrons. The van der Waals surface area contributed by atoms with Gasteiger partial charge in [0.05, 0.1) is 12.3 Å². The highest BCUT2D eigenvalue weighted by molar-refractivity contribution is 7.09. The minimum absolute atomic E-state index is 0.0795. The fourth-order valence-corrected chi connectivity index (χ4v) is 3.90. The summed E-state index contributed by atoms with van der Waals surface area (Å²) in [5, 5.41) is 2.48. The summed E-state index contributed by atoms with van der Waals surface area (Å²) >= 11 is 0.686. The van der Waals surface area contributed by atoms with Crippen LogP contribution in [-0.4, -0.2) is 41.2 Å². The average molecular weight is 486 g/mol. The maximum absolute atomic E-state index is 13.7. The Morgan fingerprint density at radius 1 is 1.18 bits per heavy atom. The number of carbonyl (C=O) groups is 4. The molecule has 3 aromatic rings. The van der Waals surface area contributed by atoms with Crippen molar-refractivity contribution in [1.82, 2.24) is 9.69 Å². The zero-order valence-corrected chi connectivity index (χ0v) is 19.3. The number of aryl methyl sites for hydroxylation is 1. The molecule has 2 aromatic heterocycles. The first kappa shape index (κ1) is 24.5. The molecule has 0 aliphatic rings. The zero-order chi connectivity index (χ0) is 24.8. The molecule has 0 saturated heterocycles. The molecule has 3 rings (SSSR count). The summed E-state index contributed by atoms with van der Waals surface area (Å²) in [5.41, 5.74) is 11.2. The van der Waals surface area contributed by atoms with E-state index in [4.69, 9.17) is 20.6 Å². The van der Waals surface area contributed by atoms with Crippen LogP contribution in [0.5, 0.6) is 0 Å². The molecule has 0 fully saturated rings. The second-order valence-electron chi connectivity index (χ2n) is 7.02. The first-order valence-electron chi connectivity index (χ1n) is 10.2. The number of primary amides is 1. The highest BCUT2D eigenvalue weighted by Gasteiger charge is 2.38. The Kier molecular flexibility index (Phi) is 7.64. The molecule has 0 unspecified atom stereocenters. The van der Waals surface area contributed by atoms with Gasteiger partial charge >= 0.3 is 5.97 Å². The van der Waals surface area contributed by atoms with Crippen molar-refractivity contribution in [3.05, 3.63) is 64.6 Å². The highest BCUT2D eigenvalue weighted by atomic mass is 32.1. The first-order chi connectivity index (χ1) is 16.2. The number of aromatic nitrogens is 1. The predicted molar refractivity (Wildman–Crippen MR) is 124 cm³/mol. The minimum Gasteiger partial charge on any atom is -0.465 e. The van der Waals surface area contributed by atoms with Crippen LogP contribution in [0, 0.1) is 6.92 Å². The number of nitrogens with two attached hydrogens (primary N) is 2. The van der Waals surface area contributed by atoms with Crippen molar-refractivity contribution in [3.8, 4) is 0 Å². The van der Waals surface area contributed by atoms with Crippen molar-refractivity contribution in [3.63, 3.8) is 0 Å². The largest absolute Gasteiger partial charge is 0.465 e. The minimum atomic E-state index is -1.32. The number of esters is 1. The fourth-order valence-electron chi connectivity index (χ4n) is 3.15. The molecule has 0 bridgehead atoms. The number of amides is 3. The van der Waals surface area contributed by atoms with E-state index in [0.29, 0.717) is 23.0 Å². The third-order valence-corrected chi connectivity index (χ3v) is 5.51. The Labute approximate surface area is 198 Å². The van der Waals surface area contributed by atoms with E-state index >= 15 is 0 Å². The standard InChI is InChI=1S/C22H23N5O6S/c1-3-32-15(28)11-25-21(30)18(14-10-9-12(2)33-14)27(13-7-5-4-6-8-13)22(31)19-16(23)17(20(24)29)26-34-19/h4-10,18H,3,11,23H2,1-2H3,(H2,24,29)(H,25,30)/t18-/m0/s1. The molecule has 34 heavy (non-hydrogen) atoms. The summed E-state index contributed by atoms with van der Waals surface area (Å²) < 4.78 is 14.4. The Bertz CT molecular complexity index is 1210. The van der Waals surface area contributed by atoms with Gasteiger partial charge in [-0.1, -0.05) is 18.2 Å². The Morgan fingerprint density at radius 2 is 1.88 bits per heavy atom. The number of furan rings is 1. The summed E-state index contributed by atoms with van der Waals surface area (Å²) in [6.07, 6.45) is 0. The molecule has 0 spiro atoms. The van der Waals surface area contributed by atoms with Crippen LogP contribution in [0.25, 0.3) is 0 Å². The number of nitrogens with zero attached hydrogens (tertiary/aromatic N) is 2. The van der Waals surface area contributed by atoms with E-state index in [1.807, 2.05) is 0 Å². The maximum atomic E-state index is 13.7. The summed E-state index contributed by atoms with van der Waals surface area (Å²) in [6, 6.07) is 10.2. The van der Waals surface area contributed by atoms with Crippen molar-refractivity contribution in [2.45, 2.75) is 19.9 Å². The van der Waals surface area contributed by atoms with Crippen LogP contribution in [0.15, 0.2) is 46.9 Å². The lowest BCUT2D eigenvalue weighted by Crippen LogP contribution is -2.45. The van der Waals surface area contributed by atoms with Crippen molar-refractivity contribution < 1.29 is 28.3 Å². The molecule has 1 atom stereocenters. The highest BCUT2D eigenvalue weighted by Crippen LogP contribution is 2.33. The van der Waals surface area contributed by atoms with E-state index in [1.165, 1.54) is 0 Å². The number of hydrogen-bond acceptors (Lipinski definition) is 9. The molecular formula is C22H23N5O6S. The zero-order valence-electron chi connectivity index (χ0n) is 18.4. The Balaban J connectivity index is 2.09. The van der Waals surface area contributed by atoms with Gasteiger partial charge in [-0.15, -0.1) is 0 Å². The number of hydrogen-bond donors (Lipinski definition) is 3. The van der Waals surface area contributed by atoms with Crippen LogP contribution in [0.4, 0.5) is 11.4 Å². The van der Waals surface area contributed by atoms with Gasteiger partial charge in [0, 0.05) is 5.69 Å². The van der Waals surface area contributed by atoms with Gasteiger partial charge in [0.1, 0.15) is 22.9 Å². The predicted octanol–water partition coefficient (Wildman–Crippen LogP) is 1.79. The lowest BCUT2D eigenvalue weighted by Gasteiger charge is -2.29. The van der Waals surface area contributed by atoms with Crippen LogP contribution < -0.4 is 21.7 Å². The molecular weight excluding hydrogens is 462 g/mol. The molecule has 0 aliphatic heterocycles. The van der Waals surface area contributed by atoms with Gasteiger partial charge in [-0.3, -0.25) is 24.1 Å². The molecule has 0 saturated carbocycles. The number of benzene rings is 1. The molecule has 0 aliphatic carbocycles. The molecule has 3 amide bonds. The molecule has 178 valence electrons. The van der Waals surface area contributed by atoms with E-state index in [2.05, 4.69) is 9.69 Å². The number of anilines is 2. The summed E-state index contributed by atoms with van der Waals surface area (Å²) in [6.45, 7) is 3.07. The first-order valence-corrected chi connectivity index (χ1v) is 10.9. The van der Waals surface area contributed by atoms with Crippen molar-refractivity contribution >= 4 is 46.6 Å². The second-order valence-corrected chi connectivity index (χ2v) is 7.80. The molecule has 1 aromatic carbocycles. The van der Waals surface area contributed by atoms with Crippen LogP contribution in [-0.2, 0) is 14.3 Å². The number of carbonyl (C=O) groups excluding carboxylic acids is 4. The molecule has 5 N–H and O–H groups in total. The van der Waals surface area contributed by atoms with E-state index < -0.39 is 36.3 Å². The van der Waals surface area contributed by atoms with Gasteiger partial charge in [-0.05, 0) is 49.6 Å². The lowest BCUT2D eigenvalue weighted by molar-refractivity contribution is -0.143. The summed E-state index contributed by atoms with van der Waals surface area (Å²) in [5.74, 6) is -2.27. The SMILES string of the molecule is CCOC(=O)CNC(=O)[C@H](c1ccc(C)o1)N(C(=O)c1snc(C(N)=O)c1N)c1ccccc1. The number of para-hydroxylation sites is 1. The summed E-state index contributed by atoms with van der Waals surface area (Å²) in [4.78, 5) is 51.5. The molecule has 12 heteroatoms. The lowest BCUT2D eigenvalue weighted by atomic mass is 10.1. The molecule has 2 heterocycles. The topological polar surface area (TPSA) is 171 Å². The van der Waals surface area contributed by atoms with Gasteiger partial charge in [0.25, 0.3) is 17.7 Å². The van der Waals surface area contributed by atoms with Crippen molar-refractivity contribution in [1.29, 1.82) is 0 Å². The number of nitrogen functional groups attached to an aromatic ring is 1. The van der Waals surface area contributed by atoms with E-state index in [1.54, 1.807) is 56.3 Å². The number of nitrogens with one attached hydrogen (secondary N) is 1. The average Bonchev–Trinajstić information content (AvgIpc) is 3.41. The quantitative estimate of drug-likeness (QED) is 0.385. The third-order valence-electron chi connectivity index (χ3n) is 4.66. The van der Waals surface area contributed by atoms with E-state index in [0.717, 1.165) is 4.90 Å². The molecule has 11 nitrogen and oxygen atoms in total. The normalized spacial score (nSPS) is 11.5.